The Hall–Kier alpha value is -1.74. The molecule has 0 fully saturated rings. The fourth-order valence-corrected chi connectivity index (χ4v) is 2.25. The van der Waals surface area contributed by atoms with E-state index in [1.165, 1.54) is 11.1 Å². The minimum Gasteiger partial charge on any atom is -0.382 e. The van der Waals surface area contributed by atoms with Gasteiger partial charge in [-0.15, -0.1) is 0 Å². The second-order valence-electron chi connectivity index (χ2n) is 5.21. The molecule has 0 amide bonds. The van der Waals surface area contributed by atoms with Gasteiger partial charge in [-0.2, -0.15) is 5.10 Å². The van der Waals surface area contributed by atoms with Crippen molar-refractivity contribution in [3.8, 4) is 0 Å². The highest BCUT2D eigenvalue weighted by molar-refractivity contribution is 6.31. The maximum absolute atomic E-state index is 6.28. The van der Waals surface area contributed by atoms with Gasteiger partial charge in [0.05, 0.1) is 0 Å². The van der Waals surface area contributed by atoms with Crippen LogP contribution < -0.4 is 11.6 Å². The first-order valence-corrected chi connectivity index (χ1v) is 7.50. The molecule has 0 spiro atoms. The Labute approximate surface area is 132 Å². The Morgan fingerprint density at radius 3 is 2.67 bits per heavy atom. The second-order valence-corrected chi connectivity index (χ2v) is 5.62. The molecule has 0 aromatic heterocycles. The summed E-state index contributed by atoms with van der Waals surface area (Å²) in [6.07, 6.45) is 7.00. The summed E-state index contributed by atoms with van der Waals surface area (Å²) in [5, 5.41) is 4.31. The van der Waals surface area contributed by atoms with Crippen molar-refractivity contribution < 1.29 is 0 Å². The van der Waals surface area contributed by atoms with Gasteiger partial charge in [0.25, 0.3) is 0 Å². The number of amidine groups is 1. The number of benzene rings is 1. The van der Waals surface area contributed by atoms with Crippen LogP contribution in [0.5, 0.6) is 0 Å². The third-order valence-electron chi connectivity index (χ3n) is 3.30. The summed E-state index contributed by atoms with van der Waals surface area (Å²) in [5.74, 6) is 5.54. The first-order chi connectivity index (χ1) is 9.97. The van der Waals surface area contributed by atoms with E-state index in [1.807, 2.05) is 25.1 Å². The van der Waals surface area contributed by atoms with Crippen molar-refractivity contribution in [3.05, 3.63) is 57.6 Å². The quantitative estimate of drug-likeness (QED) is 0.273. The predicted molar refractivity (Wildman–Crippen MR) is 92.5 cm³/mol. The monoisotopic (exact) mass is 305 g/mol. The van der Waals surface area contributed by atoms with Crippen LogP contribution in [0.15, 0.2) is 46.6 Å². The standard InChI is InChI=1S/C17H24ClN3/c1-4-5-14(8-7-13(3)17(19)21-20)11-15-10-12(2)6-9-16(15)18/h6-10H,4-5,11,20H2,1-3H3,(H2,19,21)/b13-7+,14-8+. The topological polar surface area (TPSA) is 64.4 Å². The van der Waals surface area contributed by atoms with Crippen molar-refractivity contribution in [3.63, 3.8) is 0 Å². The Balaban J connectivity index is 2.99. The molecule has 0 aliphatic rings. The van der Waals surface area contributed by atoms with E-state index < -0.39 is 0 Å². The summed E-state index contributed by atoms with van der Waals surface area (Å²) < 4.78 is 0. The summed E-state index contributed by atoms with van der Waals surface area (Å²) in [7, 11) is 0. The first kappa shape index (κ1) is 17.3. The lowest BCUT2D eigenvalue weighted by Crippen LogP contribution is -2.14. The molecule has 3 nitrogen and oxygen atoms in total. The van der Waals surface area contributed by atoms with Crippen molar-refractivity contribution in [2.45, 2.75) is 40.0 Å². The fraction of sp³-hybridized carbons (Fsp3) is 0.353. The highest BCUT2D eigenvalue weighted by Crippen LogP contribution is 2.22. The molecule has 1 aromatic carbocycles. The number of halogens is 1. The van der Waals surface area contributed by atoms with Gasteiger partial charge in [0.1, 0.15) is 5.84 Å². The minimum atomic E-state index is 0.357. The lowest BCUT2D eigenvalue weighted by atomic mass is 9.99. The van der Waals surface area contributed by atoms with E-state index in [0.717, 1.165) is 35.4 Å². The van der Waals surface area contributed by atoms with Crippen molar-refractivity contribution >= 4 is 17.4 Å². The van der Waals surface area contributed by atoms with Crippen LogP contribution in [0.1, 0.15) is 37.8 Å². The van der Waals surface area contributed by atoms with Crippen LogP contribution in [-0.4, -0.2) is 5.84 Å². The van der Waals surface area contributed by atoms with Crippen LogP contribution in [0.3, 0.4) is 0 Å². The Morgan fingerprint density at radius 2 is 2.05 bits per heavy atom. The van der Waals surface area contributed by atoms with E-state index in [4.69, 9.17) is 23.2 Å². The minimum absolute atomic E-state index is 0.357. The molecular weight excluding hydrogens is 282 g/mol. The largest absolute Gasteiger partial charge is 0.382 e. The fourth-order valence-electron chi connectivity index (χ4n) is 2.07. The zero-order chi connectivity index (χ0) is 15.8. The normalized spacial score (nSPS) is 13.6. The Bertz CT molecular complexity index is 571. The van der Waals surface area contributed by atoms with Gasteiger partial charge < -0.3 is 11.6 Å². The number of hydrazone groups is 1. The summed E-state index contributed by atoms with van der Waals surface area (Å²) in [6.45, 7) is 6.13. The average molecular weight is 306 g/mol. The summed E-state index contributed by atoms with van der Waals surface area (Å²) in [6, 6.07) is 6.12. The number of nitrogens with two attached hydrogens (primary N) is 2. The molecule has 0 atom stereocenters. The molecule has 21 heavy (non-hydrogen) atoms. The zero-order valence-corrected chi connectivity index (χ0v) is 13.7. The van der Waals surface area contributed by atoms with Crippen molar-refractivity contribution in [2.75, 3.05) is 0 Å². The van der Waals surface area contributed by atoms with Crippen LogP contribution in [0.4, 0.5) is 0 Å². The molecule has 0 unspecified atom stereocenters. The number of aryl methyl sites for hydroxylation is 1. The van der Waals surface area contributed by atoms with Gasteiger partial charge in [0.2, 0.25) is 0 Å². The Kier molecular flexibility index (Phi) is 7.03. The molecule has 0 bridgehead atoms. The number of hydrogen-bond acceptors (Lipinski definition) is 2. The van der Waals surface area contributed by atoms with Crippen LogP contribution in [0.2, 0.25) is 5.02 Å². The Morgan fingerprint density at radius 1 is 1.33 bits per heavy atom. The molecule has 0 aliphatic heterocycles. The van der Waals surface area contributed by atoms with E-state index >= 15 is 0 Å². The molecule has 1 aromatic rings. The SMILES string of the molecule is CCC\C(=C/C=C(C)/C(N)=N/N)Cc1cc(C)ccc1Cl. The van der Waals surface area contributed by atoms with Gasteiger partial charge in [0.15, 0.2) is 0 Å². The number of nitrogens with zero attached hydrogens (tertiary/aromatic N) is 1. The van der Waals surface area contributed by atoms with Crippen molar-refractivity contribution in [2.24, 2.45) is 16.7 Å². The van der Waals surface area contributed by atoms with E-state index in [2.05, 4.69) is 31.1 Å². The number of allylic oxidation sites excluding steroid dienone is 3. The van der Waals surface area contributed by atoms with Gasteiger partial charge in [0, 0.05) is 5.02 Å². The third-order valence-corrected chi connectivity index (χ3v) is 3.67. The summed E-state index contributed by atoms with van der Waals surface area (Å²) in [5.41, 5.74) is 10.2. The second kappa shape index (κ2) is 8.53. The third kappa shape index (κ3) is 5.64. The highest BCUT2D eigenvalue weighted by Gasteiger charge is 2.04. The van der Waals surface area contributed by atoms with Crippen LogP contribution >= 0.6 is 11.6 Å². The smallest absolute Gasteiger partial charge is 0.145 e. The molecule has 0 saturated heterocycles. The molecule has 0 aliphatic carbocycles. The summed E-state index contributed by atoms with van der Waals surface area (Å²) >= 11 is 6.28. The maximum atomic E-state index is 6.28. The lowest BCUT2D eigenvalue weighted by molar-refractivity contribution is 0.870. The van der Waals surface area contributed by atoms with E-state index in [9.17, 15) is 0 Å². The lowest BCUT2D eigenvalue weighted by Gasteiger charge is -2.09. The molecular formula is C17H24ClN3. The number of rotatable bonds is 6. The van der Waals surface area contributed by atoms with E-state index in [-0.39, 0.29) is 0 Å². The number of hydrogen-bond donors (Lipinski definition) is 2. The van der Waals surface area contributed by atoms with Crippen LogP contribution in [-0.2, 0) is 6.42 Å². The molecule has 1 rings (SSSR count). The van der Waals surface area contributed by atoms with Gasteiger partial charge in [-0.3, -0.25) is 0 Å². The van der Waals surface area contributed by atoms with Crippen molar-refractivity contribution in [1.82, 2.24) is 0 Å². The van der Waals surface area contributed by atoms with E-state index in [1.54, 1.807) is 0 Å². The average Bonchev–Trinajstić information content (AvgIpc) is 2.47. The predicted octanol–water partition coefficient (Wildman–Crippen LogP) is 4.09. The molecule has 4 N–H and O–H groups in total. The van der Waals surface area contributed by atoms with Gasteiger partial charge in [-0.1, -0.05) is 60.4 Å². The van der Waals surface area contributed by atoms with Crippen LogP contribution in [0, 0.1) is 6.92 Å². The first-order valence-electron chi connectivity index (χ1n) is 7.13. The van der Waals surface area contributed by atoms with Crippen molar-refractivity contribution in [1.29, 1.82) is 0 Å². The van der Waals surface area contributed by atoms with Gasteiger partial charge in [-0.25, -0.2) is 0 Å². The van der Waals surface area contributed by atoms with Gasteiger partial charge in [-0.05, 0) is 43.9 Å². The van der Waals surface area contributed by atoms with E-state index in [0.29, 0.717) is 5.84 Å². The van der Waals surface area contributed by atoms with Gasteiger partial charge >= 0.3 is 0 Å². The maximum Gasteiger partial charge on any atom is 0.145 e. The molecule has 0 saturated carbocycles. The molecule has 0 heterocycles. The van der Waals surface area contributed by atoms with Crippen LogP contribution in [0.25, 0.3) is 0 Å². The molecule has 4 heteroatoms. The zero-order valence-electron chi connectivity index (χ0n) is 13.0. The summed E-state index contributed by atoms with van der Waals surface area (Å²) in [4.78, 5) is 0. The highest BCUT2D eigenvalue weighted by atomic mass is 35.5. The molecule has 0 radical (unpaired) electrons. The molecule has 114 valence electrons.